The van der Waals surface area contributed by atoms with Crippen molar-refractivity contribution in [1.29, 1.82) is 0 Å². The highest BCUT2D eigenvalue weighted by Crippen LogP contribution is 2.10. The summed E-state index contributed by atoms with van der Waals surface area (Å²) in [6, 6.07) is 9.33. The zero-order chi connectivity index (χ0) is 8.10. The van der Waals surface area contributed by atoms with Gasteiger partial charge < -0.3 is 5.73 Å². The molecule has 57 valence electrons. The maximum atomic E-state index is 9.98. The van der Waals surface area contributed by atoms with Crippen LogP contribution in [-0.4, -0.2) is 6.29 Å². The largest absolute Gasteiger partial charge is 0.324 e. The van der Waals surface area contributed by atoms with E-state index in [1.165, 1.54) is 0 Å². The van der Waals surface area contributed by atoms with E-state index in [0.717, 1.165) is 5.56 Å². The Labute approximate surface area is 66.0 Å². The third-order valence-electron chi connectivity index (χ3n) is 1.53. The van der Waals surface area contributed by atoms with Crippen molar-refractivity contribution in [3.63, 3.8) is 0 Å². The van der Waals surface area contributed by atoms with E-state index in [0.29, 0.717) is 0 Å². The van der Waals surface area contributed by atoms with Crippen molar-refractivity contribution >= 4 is 6.29 Å². The Morgan fingerprint density at radius 1 is 1.36 bits per heavy atom. The second-order valence-electron chi connectivity index (χ2n) is 2.37. The lowest BCUT2D eigenvalue weighted by Crippen LogP contribution is -2.09. The molecule has 0 fully saturated rings. The molecule has 2 heteroatoms. The topological polar surface area (TPSA) is 43.1 Å². The average molecular weight is 148 g/mol. The van der Waals surface area contributed by atoms with Crippen LogP contribution in [0.25, 0.3) is 0 Å². The standard InChI is InChI=1S/C9H10NO/c10-9(6-7-11)8-4-2-1-3-5-8/h1-5,9H,6,10H2. The highest BCUT2D eigenvalue weighted by molar-refractivity contribution is 5.52. The highest BCUT2D eigenvalue weighted by Gasteiger charge is 2.02. The maximum Gasteiger partial charge on any atom is 0.200 e. The van der Waals surface area contributed by atoms with Crippen LogP contribution in [0, 0.1) is 0 Å². The molecule has 0 saturated heterocycles. The molecule has 2 N–H and O–H groups in total. The molecule has 1 aromatic carbocycles. The van der Waals surface area contributed by atoms with Gasteiger partial charge in [-0.2, -0.15) is 0 Å². The monoisotopic (exact) mass is 148 g/mol. The molecule has 0 heterocycles. The molecule has 2 nitrogen and oxygen atoms in total. The smallest absolute Gasteiger partial charge is 0.200 e. The quantitative estimate of drug-likeness (QED) is 0.699. The average Bonchev–Trinajstić information content (AvgIpc) is 2.07. The third-order valence-corrected chi connectivity index (χ3v) is 1.53. The minimum Gasteiger partial charge on any atom is -0.324 e. The van der Waals surface area contributed by atoms with E-state index in [9.17, 15) is 4.79 Å². The van der Waals surface area contributed by atoms with Crippen molar-refractivity contribution in [2.75, 3.05) is 0 Å². The van der Waals surface area contributed by atoms with Gasteiger partial charge in [0.25, 0.3) is 0 Å². The Morgan fingerprint density at radius 2 is 2.00 bits per heavy atom. The van der Waals surface area contributed by atoms with Gasteiger partial charge in [-0.3, -0.25) is 4.79 Å². The van der Waals surface area contributed by atoms with E-state index >= 15 is 0 Å². The van der Waals surface area contributed by atoms with Gasteiger partial charge in [0, 0.05) is 12.5 Å². The molecule has 0 amide bonds. The molecule has 0 spiro atoms. The summed E-state index contributed by atoms with van der Waals surface area (Å²) < 4.78 is 0. The lowest BCUT2D eigenvalue weighted by molar-refractivity contribution is 0.543. The minimum atomic E-state index is -0.200. The molecule has 1 rings (SSSR count). The molecule has 0 aliphatic rings. The van der Waals surface area contributed by atoms with Crippen LogP contribution in [-0.2, 0) is 4.79 Å². The van der Waals surface area contributed by atoms with Gasteiger partial charge in [0.15, 0.2) is 6.29 Å². The molecule has 0 bridgehead atoms. The Morgan fingerprint density at radius 3 is 2.55 bits per heavy atom. The number of carbonyl (C=O) groups excluding carboxylic acids is 1. The maximum absolute atomic E-state index is 9.98. The van der Waals surface area contributed by atoms with Crippen molar-refractivity contribution in [2.45, 2.75) is 12.5 Å². The van der Waals surface area contributed by atoms with E-state index < -0.39 is 0 Å². The lowest BCUT2D eigenvalue weighted by Gasteiger charge is -2.05. The van der Waals surface area contributed by atoms with E-state index in [4.69, 9.17) is 5.73 Å². The summed E-state index contributed by atoms with van der Waals surface area (Å²) in [6.07, 6.45) is 2.06. The fraction of sp³-hybridized carbons (Fsp3) is 0.222. The summed E-state index contributed by atoms with van der Waals surface area (Å²) in [5.41, 5.74) is 6.63. The summed E-state index contributed by atoms with van der Waals surface area (Å²) in [7, 11) is 0. The van der Waals surface area contributed by atoms with Crippen molar-refractivity contribution in [2.24, 2.45) is 5.73 Å². The van der Waals surface area contributed by atoms with Crippen molar-refractivity contribution in [1.82, 2.24) is 0 Å². The van der Waals surface area contributed by atoms with Crippen molar-refractivity contribution in [3.05, 3.63) is 35.9 Å². The second kappa shape index (κ2) is 3.88. The summed E-state index contributed by atoms with van der Waals surface area (Å²) in [6.45, 7) is 0. The highest BCUT2D eigenvalue weighted by atomic mass is 16.1. The predicted octanol–water partition coefficient (Wildman–Crippen LogP) is 1.19. The van der Waals surface area contributed by atoms with Gasteiger partial charge in [-0.05, 0) is 5.56 Å². The van der Waals surface area contributed by atoms with Gasteiger partial charge in [-0.1, -0.05) is 30.3 Å². The van der Waals surface area contributed by atoms with Crippen LogP contribution in [0.1, 0.15) is 18.0 Å². The van der Waals surface area contributed by atoms with Gasteiger partial charge >= 0.3 is 0 Å². The zero-order valence-electron chi connectivity index (χ0n) is 6.16. The molecule has 0 saturated carbocycles. The molecule has 1 unspecified atom stereocenters. The zero-order valence-corrected chi connectivity index (χ0v) is 6.16. The number of hydrogen-bond acceptors (Lipinski definition) is 2. The van der Waals surface area contributed by atoms with Crippen LogP contribution in [0.5, 0.6) is 0 Å². The SMILES string of the molecule is NC(C[C]=O)c1ccccc1. The summed E-state index contributed by atoms with van der Waals surface area (Å²) in [4.78, 5) is 9.98. The number of nitrogens with two attached hydrogens (primary N) is 1. The molecular weight excluding hydrogens is 138 g/mol. The first kappa shape index (κ1) is 7.95. The van der Waals surface area contributed by atoms with Crippen LogP contribution in [0.4, 0.5) is 0 Å². The number of hydrogen-bond donors (Lipinski definition) is 1. The van der Waals surface area contributed by atoms with E-state index in [1.807, 2.05) is 30.3 Å². The van der Waals surface area contributed by atoms with Gasteiger partial charge in [-0.25, -0.2) is 0 Å². The molecule has 0 aliphatic heterocycles. The Bertz CT molecular complexity index is 220. The Hall–Kier alpha value is -1.15. The minimum absolute atomic E-state index is 0.200. The lowest BCUT2D eigenvalue weighted by atomic mass is 10.1. The van der Waals surface area contributed by atoms with Crippen LogP contribution < -0.4 is 5.73 Å². The van der Waals surface area contributed by atoms with E-state index in [-0.39, 0.29) is 12.5 Å². The fourth-order valence-electron chi connectivity index (χ4n) is 0.908. The first-order valence-electron chi connectivity index (χ1n) is 3.50. The van der Waals surface area contributed by atoms with Gasteiger partial charge in [0.1, 0.15) is 0 Å². The molecule has 11 heavy (non-hydrogen) atoms. The van der Waals surface area contributed by atoms with Gasteiger partial charge in [0.05, 0.1) is 0 Å². The predicted molar refractivity (Wildman–Crippen MR) is 43.7 cm³/mol. The van der Waals surface area contributed by atoms with E-state index in [2.05, 4.69) is 0 Å². The molecular formula is C9H10NO. The Kier molecular flexibility index (Phi) is 2.81. The summed E-state index contributed by atoms with van der Waals surface area (Å²) in [5, 5.41) is 0. The van der Waals surface area contributed by atoms with Gasteiger partial charge in [0.2, 0.25) is 0 Å². The summed E-state index contributed by atoms with van der Waals surface area (Å²) >= 11 is 0. The number of rotatable bonds is 3. The normalized spacial score (nSPS) is 12.5. The molecule has 1 aromatic rings. The molecule has 1 radical (unpaired) electrons. The summed E-state index contributed by atoms with van der Waals surface area (Å²) in [5.74, 6) is 0. The molecule has 0 aromatic heterocycles. The molecule has 1 atom stereocenters. The van der Waals surface area contributed by atoms with Crippen molar-refractivity contribution in [3.8, 4) is 0 Å². The molecule has 0 aliphatic carbocycles. The van der Waals surface area contributed by atoms with Crippen molar-refractivity contribution < 1.29 is 4.79 Å². The first-order chi connectivity index (χ1) is 5.34. The van der Waals surface area contributed by atoms with E-state index in [1.54, 1.807) is 6.29 Å². The second-order valence-corrected chi connectivity index (χ2v) is 2.37. The van der Waals surface area contributed by atoms with Crippen LogP contribution in [0.2, 0.25) is 0 Å². The number of benzene rings is 1. The van der Waals surface area contributed by atoms with Crippen LogP contribution in [0.3, 0.4) is 0 Å². The van der Waals surface area contributed by atoms with Crippen LogP contribution >= 0.6 is 0 Å². The third kappa shape index (κ3) is 2.16. The first-order valence-corrected chi connectivity index (χ1v) is 3.50. The van der Waals surface area contributed by atoms with Gasteiger partial charge in [-0.15, -0.1) is 0 Å². The fourth-order valence-corrected chi connectivity index (χ4v) is 0.908. The van der Waals surface area contributed by atoms with Crippen LogP contribution in [0.15, 0.2) is 30.3 Å². The Balaban J connectivity index is 2.68.